The van der Waals surface area contributed by atoms with Crippen LogP contribution in [0, 0.1) is 5.82 Å². The SMILES string of the molecule is NC(=O)c1ncc(C(F)(F)F)cc1Oc1ccc(F)cc1Cl. The van der Waals surface area contributed by atoms with Gasteiger partial charge in [-0.25, -0.2) is 9.37 Å². The molecule has 0 saturated carbocycles. The molecule has 2 rings (SSSR count). The minimum Gasteiger partial charge on any atom is -0.453 e. The molecule has 0 aliphatic carbocycles. The molecule has 4 nitrogen and oxygen atoms in total. The van der Waals surface area contributed by atoms with Crippen LogP contribution in [0.1, 0.15) is 16.1 Å². The van der Waals surface area contributed by atoms with Crippen molar-refractivity contribution in [3.8, 4) is 11.5 Å². The van der Waals surface area contributed by atoms with Crippen LogP contribution in [0.4, 0.5) is 17.6 Å². The van der Waals surface area contributed by atoms with Gasteiger partial charge in [-0.15, -0.1) is 0 Å². The molecule has 1 amide bonds. The highest BCUT2D eigenvalue weighted by Crippen LogP contribution is 2.35. The Kier molecular flexibility index (Phi) is 4.23. The summed E-state index contributed by atoms with van der Waals surface area (Å²) in [5.74, 6) is -2.42. The maximum Gasteiger partial charge on any atom is 0.418 e. The molecule has 0 aliphatic rings. The molecule has 1 heterocycles. The number of halogens is 5. The zero-order valence-corrected chi connectivity index (χ0v) is 11.4. The quantitative estimate of drug-likeness (QED) is 0.869. The van der Waals surface area contributed by atoms with E-state index in [1.807, 2.05) is 0 Å². The summed E-state index contributed by atoms with van der Waals surface area (Å²) >= 11 is 5.72. The summed E-state index contributed by atoms with van der Waals surface area (Å²) in [6, 6.07) is 3.56. The average Bonchev–Trinajstić information content (AvgIpc) is 2.40. The van der Waals surface area contributed by atoms with Crippen molar-refractivity contribution >= 4 is 17.5 Å². The number of nitrogens with two attached hydrogens (primary N) is 1. The molecule has 0 fully saturated rings. The van der Waals surface area contributed by atoms with E-state index in [0.29, 0.717) is 12.3 Å². The first-order valence-corrected chi connectivity index (χ1v) is 6.06. The molecule has 0 spiro atoms. The number of primary amides is 1. The first kappa shape index (κ1) is 16.0. The van der Waals surface area contributed by atoms with Crippen LogP contribution in [0.2, 0.25) is 5.02 Å². The fourth-order valence-corrected chi connectivity index (χ4v) is 1.74. The van der Waals surface area contributed by atoms with E-state index in [9.17, 15) is 22.4 Å². The van der Waals surface area contributed by atoms with Crippen molar-refractivity contribution in [2.45, 2.75) is 6.18 Å². The van der Waals surface area contributed by atoms with E-state index >= 15 is 0 Å². The van der Waals surface area contributed by atoms with Crippen molar-refractivity contribution in [3.63, 3.8) is 0 Å². The molecule has 2 aromatic rings. The third-order valence-electron chi connectivity index (χ3n) is 2.53. The highest BCUT2D eigenvalue weighted by Gasteiger charge is 2.32. The number of benzene rings is 1. The molecule has 2 N–H and O–H groups in total. The first-order valence-electron chi connectivity index (χ1n) is 5.68. The molecule has 9 heteroatoms. The Morgan fingerprint density at radius 1 is 1.23 bits per heavy atom. The number of rotatable bonds is 3. The van der Waals surface area contributed by atoms with Gasteiger partial charge in [0.25, 0.3) is 5.91 Å². The third-order valence-corrected chi connectivity index (χ3v) is 2.82. The minimum atomic E-state index is -4.69. The fourth-order valence-electron chi connectivity index (χ4n) is 1.54. The van der Waals surface area contributed by atoms with E-state index in [2.05, 4.69) is 4.98 Å². The van der Waals surface area contributed by atoms with Crippen LogP contribution in [-0.2, 0) is 6.18 Å². The molecular formula is C13H7ClF4N2O2. The van der Waals surface area contributed by atoms with Gasteiger partial charge in [0.15, 0.2) is 11.4 Å². The summed E-state index contributed by atoms with van der Waals surface area (Å²) in [6.45, 7) is 0. The molecular weight excluding hydrogens is 328 g/mol. The van der Waals surface area contributed by atoms with Gasteiger partial charge < -0.3 is 10.5 Å². The molecule has 1 aromatic carbocycles. The van der Waals surface area contributed by atoms with Gasteiger partial charge in [-0.1, -0.05) is 11.6 Å². The molecule has 0 unspecified atom stereocenters. The number of carbonyl (C=O) groups excluding carboxylic acids is 1. The Morgan fingerprint density at radius 2 is 1.91 bits per heavy atom. The van der Waals surface area contributed by atoms with Gasteiger partial charge in [-0.2, -0.15) is 13.2 Å². The summed E-state index contributed by atoms with van der Waals surface area (Å²) in [4.78, 5) is 14.6. The number of amides is 1. The summed E-state index contributed by atoms with van der Waals surface area (Å²) < 4.78 is 56.1. The molecule has 0 bridgehead atoms. The predicted molar refractivity (Wildman–Crippen MR) is 69.2 cm³/mol. The number of nitrogens with zero attached hydrogens (tertiary/aromatic N) is 1. The lowest BCUT2D eigenvalue weighted by Crippen LogP contribution is -2.16. The Balaban J connectivity index is 2.49. The van der Waals surface area contributed by atoms with Crippen molar-refractivity contribution in [2.75, 3.05) is 0 Å². The Morgan fingerprint density at radius 3 is 2.45 bits per heavy atom. The summed E-state index contributed by atoms with van der Waals surface area (Å²) in [6.07, 6.45) is -4.23. The number of ether oxygens (including phenoxy) is 1. The highest BCUT2D eigenvalue weighted by atomic mass is 35.5. The second kappa shape index (κ2) is 5.80. The molecule has 0 radical (unpaired) electrons. The zero-order chi connectivity index (χ0) is 16.5. The number of hydrogen-bond acceptors (Lipinski definition) is 3. The minimum absolute atomic E-state index is 0.147. The normalized spacial score (nSPS) is 11.3. The Bertz CT molecular complexity index is 734. The van der Waals surface area contributed by atoms with E-state index in [-0.39, 0.29) is 10.8 Å². The topological polar surface area (TPSA) is 65.2 Å². The highest BCUT2D eigenvalue weighted by molar-refractivity contribution is 6.32. The molecule has 22 heavy (non-hydrogen) atoms. The molecule has 116 valence electrons. The summed E-state index contributed by atoms with van der Waals surface area (Å²) in [5.41, 5.74) is 3.39. The lowest BCUT2D eigenvalue weighted by molar-refractivity contribution is -0.137. The predicted octanol–water partition coefficient (Wildman–Crippen LogP) is 3.78. The van der Waals surface area contributed by atoms with E-state index in [0.717, 1.165) is 18.2 Å². The lowest BCUT2D eigenvalue weighted by Gasteiger charge is -2.13. The van der Waals surface area contributed by atoms with Crippen molar-refractivity contribution in [1.82, 2.24) is 4.98 Å². The Labute approximate surface area is 126 Å². The van der Waals surface area contributed by atoms with Crippen molar-refractivity contribution in [2.24, 2.45) is 5.73 Å². The van der Waals surface area contributed by atoms with Gasteiger partial charge in [0.2, 0.25) is 0 Å². The third kappa shape index (κ3) is 3.45. The summed E-state index contributed by atoms with van der Waals surface area (Å²) in [7, 11) is 0. The van der Waals surface area contributed by atoms with Gasteiger partial charge in [-0.05, 0) is 24.3 Å². The maximum absolute atomic E-state index is 12.9. The lowest BCUT2D eigenvalue weighted by atomic mass is 10.2. The monoisotopic (exact) mass is 334 g/mol. The molecule has 0 saturated heterocycles. The molecule has 0 atom stereocenters. The molecule has 0 aliphatic heterocycles. The van der Waals surface area contributed by atoms with Crippen LogP contribution >= 0.6 is 11.6 Å². The number of carbonyl (C=O) groups is 1. The van der Waals surface area contributed by atoms with Gasteiger partial charge in [-0.3, -0.25) is 4.79 Å². The van der Waals surface area contributed by atoms with Crippen molar-refractivity contribution < 1.29 is 27.1 Å². The van der Waals surface area contributed by atoms with Crippen LogP contribution in [-0.4, -0.2) is 10.9 Å². The van der Waals surface area contributed by atoms with E-state index in [4.69, 9.17) is 22.1 Å². The van der Waals surface area contributed by atoms with Crippen molar-refractivity contribution in [3.05, 3.63) is 52.6 Å². The van der Waals surface area contributed by atoms with Gasteiger partial charge >= 0.3 is 6.18 Å². The number of hydrogen-bond donors (Lipinski definition) is 1. The number of alkyl halides is 3. The van der Waals surface area contributed by atoms with Gasteiger partial charge in [0, 0.05) is 6.20 Å². The number of pyridine rings is 1. The number of aromatic nitrogens is 1. The van der Waals surface area contributed by atoms with Crippen LogP contribution in [0.5, 0.6) is 11.5 Å². The fraction of sp³-hybridized carbons (Fsp3) is 0.0769. The van der Waals surface area contributed by atoms with E-state index in [1.54, 1.807) is 0 Å². The first-order chi connectivity index (χ1) is 10.2. The second-order valence-corrected chi connectivity index (χ2v) is 4.52. The maximum atomic E-state index is 12.9. The van der Waals surface area contributed by atoms with Gasteiger partial charge in [0.05, 0.1) is 10.6 Å². The zero-order valence-electron chi connectivity index (χ0n) is 10.6. The molecule has 1 aromatic heterocycles. The summed E-state index contributed by atoms with van der Waals surface area (Å²) in [5, 5.41) is -0.187. The van der Waals surface area contributed by atoms with Crippen molar-refractivity contribution in [1.29, 1.82) is 0 Å². The van der Waals surface area contributed by atoms with Crippen LogP contribution in [0.25, 0.3) is 0 Å². The van der Waals surface area contributed by atoms with Crippen LogP contribution < -0.4 is 10.5 Å². The van der Waals surface area contributed by atoms with E-state index in [1.165, 1.54) is 0 Å². The largest absolute Gasteiger partial charge is 0.453 e. The standard InChI is InChI=1S/C13H7ClF4N2O2/c14-8-4-7(15)1-2-9(8)22-10-3-6(13(16,17)18)5-20-11(10)12(19)21/h1-5H,(H2,19,21). The smallest absolute Gasteiger partial charge is 0.418 e. The van der Waals surface area contributed by atoms with Crippen LogP contribution in [0.3, 0.4) is 0 Å². The van der Waals surface area contributed by atoms with Gasteiger partial charge in [0.1, 0.15) is 11.6 Å². The Hall–Kier alpha value is -2.35. The van der Waals surface area contributed by atoms with E-state index < -0.39 is 34.9 Å². The average molecular weight is 335 g/mol. The van der Waals surface area contributed by atoms with Crippen LogP contribution in [0.15, 0.2) is 30.5 Å². The second-order valence-electron chi connectivity index (χ2n) is 4.11.